The molecule has 0 saturated heterocycles. The van der Waals surface area contributed by atoms with Crippen molar-refractivity contribution in [2.45, 2.75) is 95.1 Å². The fourth-order valence-corrected chi connectivity index (χ4v) is 7.27. The molecule has 3 aromatic carbocycles. The van der Waals surface area contributed by atoms with E-state index >= 15 is 0 Å². The number of carbonyl (C=O) groups is 2. The quantitative estimate of drug-likeness (QED) is 0.185. The number of primary amides is 1. The van der Waals surface area contributed by atoms with Gasteiger partial charge in [0.1, 0.15) is 0 Å². The van der Waals surface area contributed by atoms with Crippen LogP contribution in [-0.2, 0) is 24.6 Å². The third-order valence-corrected chi connectivity index (χ3v) is 9.76. The zero-order valence-corrected chi connectivity index (χ0v) is 26.5. The number of halogens is 3. The van der Waals surface area contributed by atoms with Crippen LogP contribution >= 0.6 is 0 Å². The number of fused-ring (bicyclic) bond motifs is 1. The number of hydrogen-bond acceptors (Lipinski definition) is 4. The lowest BCUT2D eigenvalue weighted by molar-refractivity contribution is -0.137. The second-order valence-electron chi connectivity index (χ2n) is 12.9. The molecule has 5 rings (SSSR count). The lowest BCUT2D eigenvalue weighted by atomic mass is 9.77. The summed E-state index contributed by atoms with van der Waals surface area (Å²) in [5, 5.41) is 15.5. The van der Waals surface area contributed by atoms with Crippen molar-refractivity contribution in [3.8, 4) is 0 Å². The average molecular weight is 636 g/mol. The van der Waals surface area contributed by atoms with E-state index < -0.39 is 41.2 Å². The number of hydrogen-bond donors (Lipinski definition) is 3. The van der Waals surface area contributed by atoms with Gasteiger partial charge in [0.05, 0.1) is 11.7 Å². The minimum atomic E-state index is -4.45. The Balaban J connectivity index is 1.52. The maximum absolute atomic E-state index is 14.4. The van der Waals surface area contributed by atoms with Gasteiger partial charge in [-0.3, -0.25) is 9.59 Å². The monoisotopic (exact) mass is 635 g/mol. The Morgan fingerprint density at radius 1 is 1.02 bits per heavy atom. The molecular formula is C37H44F3N3O3. The second kappa shape index (κ2) is 14.0. The molecule has 3 aromatic rings. The fraction of sp³-hybridized carbons (Fsp3) is 0.459. The summed E-state index contributed by atoms with van der Waals surface area (Å²) >= 11 is 0. The van der Waals surface area contributed by atoms with Crippen LogP contribution in [-0.4, -0.2) is 46.6 Å². The summed E-state index contributed by atoms with van der Waals surface area (Å²) in [6, 6.07) is 19.7. The Kier molecular flexibility index (Phi) is 10.2. The molecule has 0 spiro atoms. The molecular weight excluding hydrogens is 591 g/mol. The minimum absolute atomic E-state index is 0.0591. The van der Waals surface area contributed by atoms with Gasteiger partial charge in [0.15, 0.2) is 0 Å². The number of rotatable bonds is 14. The molecule has 1 aliphatic carbocycles. The van der Waals surface area contributed by atoms with Gasteiger partial charge in [0.25, 0.3) is 5.91 Å². The summed E-state index contributed by atoms with van der Waals surface area (Å²) < 4.78 is 40.5. The number of alkyl halides is 3. The summed E-state index contributed by atoms with van der Waals surface area (Å²) in [6.45, 7) is 4.31. The van der Waals surface area contributed by atoms with Gasteiger partial charge < -0.3 is 21.1 Å². The van der Waals surface area contributed by atoms with Crippen molar-refractivity contribution in [1.29, 1.82) is 0 Å². The SMILES string of the molecule is CCCC(CCC)N1C(=O)c2cccc(C(N)=O)c2CC1[C@H](Cc1ccccc1)[C@@H](O)CNC1(c2cccc(C(F)(F)F)c2)CC1. The summed E-state index contributed by atoms with van der Waals surface area (Å²) in [4.78, 5) is 28.8. The molecule has 2 amide bonds. The molecule has 246 valence electrons. The number of benzene rings is 3. The highest BCUT2D eigenvalue weighted by Crippen LogP contribution is 2.47. The van der Waals surface area contributed by atoms with E-state index in [-0.39, 0.29) is 18.5 Å². The molecule has 1 saturated carbocycles. The zero-order chi connectivity index (χ0) is 33.1. The van der Waals surface area contributed by atoms with Crippen LogP contribution in [0.1, 0.15) is 95.3 Å². The molecule has 46 heavy (non-hydrogen) atoms. The first-order valence-electron chi connectivity index (χ1n) is 16.4. The van der Waals surface area contributed by atoms with E-state index in [1.54, 1.807) is 24.3 Å². The van der Waals surface area contributed by atoms with E-state index in [0.29, 0.717) is 47.9 Å². The van der Waals surface area contributed by atoms with E-state index in [4.69, 9.17) is 5.73 Å². The standard InChI is InChI=1S/C37H44F3N3O3/c1-3-10-27(11-4-2)43-32(22-30-28(34(41)45)16-9-17-29(30)35(43)46)31(20-24-12-6-5-7-13-24)33(44)23-42-36(18-19-36)25-14-8-15-26(21-25)37(38,39)40/h5-9,12-17,21,27,31-33,42,44H,3-4,10-11,18-20,22-23H2,1-2H3,(H2,41,45)/t31-,32?,33-/m0/s1. The summed E-state index contributed by atoms with van der Waals surface area (Å²) in [6.07, 6.45) is 0.0890. The average Bonchev–Trinajstić information content (AvgIpc) is 3.83. The minimum Gasteiger partial charge on any atom is -0.391 e. The highest BCUT2D eigenvalue weighted by Gasteiger charge is 2.47. The number of aliphatic hydroxyl groups excluding tert-OH is 1. The molecule has 1 heterocycles. The van der Waals surface area contributed by atoms with Crippen LogP contribution in [0.15, 0.2) is 72.8 Å². The molecule has 0 aromatic heterocycles. The van der Waals surface area contributed by atoms with Crippen molar-refractivity contribution in [1.82, 2.24) is 10.2 Å². The molecule has 1 aliphatic heterocycles. The third-order valence-electron chi connectivity index (χ3n) is 9.76. The number of amides is 2. The number of nitrogens with one attached hydrogen (secondary N) is 1. The van der Waals surface area contributed by atoms with Crippen LogP contribution in [0.2, 0.25) is 0 Å². The first-order valence-corrected chi connectivity index (χ1v) is 16.4. The third kappa shape index (κ3) is 7.15. The fourth-order valence-electron chi connectivity index (χ4n) is 7.27. The normalized spacial score (nSPS) is 18.7. The number of nitrogens with two attached hydrogens (primary N) is 1. The van der Waals surface area contributed by atoms with Crippen LogP contribution in [0.25, 0.3) is 0 Å². The molecule has 9 heteroatoms. The van der Waals surface area contributed by atoms with Crippen LogP contribution in [0.3, 0.4) is 0 Å². The highest BCUT2D eigenvalue weighted by molar-refractivity contribution is 6.02. The van der Waals surface area contributed by atoms with Gasteiger partial charge in [-0.2, -0.15) is 13.2 Å². The van der Waals surface area contributed by atoms with E-state index in [1.807, 2.05) is 35.2 Å². The largest absolute Gasteiger partial charge is 0.416 e. The van der Waals surface area contributed by atoms with Gasteiger partial charge in [-0.1, -0.05) is 75.2 Å². The van der Waals surface area contributed by atoms with Gasteiger partial charge in [0.2, 0.25) is 5.91 Å². The number of nitrogens with zero attached hydrogens (tertiary/aromatic N) is 1. The van der Waals surface area contributed by atoms with Gasteiger partial charge in [-0.25, -0.2) is 0 Å². The Bertz CT molecular complexity index is 1520. The van der Waals surface area contributed by atoms with Crippen LogP contribution < -0.4 is 11.1 Å². The number of carbonyl (C=O) groups excluding carboxylic acids is 2. The summed E-state index contributed by atoms with van der Waals surface area (Å²) in [7, 11) is 0. The van der Waals surface area contributed by atoms with Crippen molar-refractivity contribution in [2.24, 2.45) is 11.7 Å². The first kappa shape index (κ1) is 33.7. The van der Waals surface area contributed by atoms with Crippen LogP contribution in [0.5, 0.6) is 0 Å². The van der Waals surface area contributed by atoms with E-state index in [1.165, 1.54) is 12.1 Å². The maximum atomic E-state index is 14.4. The van der Waals surface area contributed by atoms with Crippen LogP contribution in [0.4, 0.5) is 13.2 Å². The van der Waals surface area contributed by atoms with Gasteiger partial charge in [-0.15, -0.1) is 0 Å². The molecule has 3 atom stereocenters. The van der Waals surface area contributed by atoms with Crippen molar-refractivity contribution >= 4 is 11.8 Å². The zero-order valence-electron chi connectivity index (χ0n) is 26.5. The second-order valence-corrected chi connectivity index (χ2v) is 12.9. The lowest BCUT2D eigenvalue weighted by Gasteiger charge is -2.47. The van der Waals surface area contributed by atoms with Crippen LogP contribution in [0, 0.1) is 5.92 Å². The molecule has 1 unspecified atom stereocenters. The predicted octanol–water partition coefficient (Wildman–Crippen LogP) is 6.64. The first-order chi connectivity index (χ1) is 22.0. The Labute approximate surface area is 269 Å². The van der Waals surface area contributed by atoms with Gasteiger partial charge in [0, 0.05) is 41.2 Å². The summed E-state index contributed by atoms with van der Waals surface area (Å²) in [5.41, 5.74) is 7.36. The highest BCUT2D eigenvalue weighted by atomic mass is 19.4. The smallest absolute Gasteiger partial charge is 0.391 e. The predicted molar refractivity (Wildman–Crippen MR) is 172 cm³/mol. The van der Waals surface area contributed by atoms with E-state index in [0.717, 1.165) is 37.3 Å². The Morgan fingerprint density at radius 3 is 2.30 bits per heavy atom. The van der Waals surface area contributed by atoms with Gasteiger partial charge in [-0.05, 0) is 79.5 Å². The van der Waals surface area contributed by atoms with Crippen molar-refractivity contribution < 1.29 is 27.9 Å². The number of aliphatic hydroxyl groups is 1. The van der Waals surface area contributed by atoms with Crippen molar-refractivity contribution in [2.75, 3.05) is 6.54 Å². The lowest BCUT2D eigenvalue weighted by Crippen LogP contribution is -2.58. The topological polar surface area (TPSA) is 95.7 Å². The molecule has 1 fully saturated rings. The molecule has 0 bridgehead atoms. The van der Waals surface area contributed by atoms with E-state index in [9.17, 15) is 27.9 Å². The summed E-state index contributed by atoms with van der Waals surface area (Å²) in [5.74, 6) is -1.21. The molecule has 4 N–H and O–H groups in total. The van der Waals surface area contributed by atoms with Gasteiger partial charge >= 0.3 is 6.18 Å². The Hall–Kier alpha value is -3.69. The molecule has 2 aliphatic rings. The maximum Gasteiger partial charge on any atom is 0.416 e. The van der Waals surface area contributed by atoms with Crippen molar-refractivity contribution in [3.63, 3.8) is 0 Å². The Morgan fingerprint density at radius 2 is 1.70 bits per heavy atom. The molecule has 6 nitrogen and oxygen atoms in total. The van der Waals surface area contributed by atoms with Crippen molar-refractivity contribution in [3.05, 3.63) is 106 Å². The molecule has 0 radical (unpaired) electrons. The van der Waals surface area contributed by atoms with E-state index in [2.05, 4.69) is 19.2 Å².